The Morgan fingerprint density at radius 2 is 2.11 bits per heavy atom. The summed E-state index contributed by atoms with van der Waals surface area (Å²) in [7, 11) is 0. The van der Waals surface area contributed by atoms with Gasteiger partial charge in [0.25, 0.3) is 6.43 Å². The Bertz CT molecular complexity index is 425. The van der Waals surface area contributed by atoms with E-state index in [1.807, 2.05) is 6.92 Å². The molecule has 6 heteroatoms. The largest absolute Gasteiger partial charge is 0.490 e. The fraction of sp³-hybridized carbons (Fsp3) is 0.615. The molecule has 1 atom stereocenters. The number of nitrogens with two attached hydrogens (primary N) is 1. The Morgan fingerprint density at radius 1 is 1.47 bits per heavy atom. The molecule has 0 bridgehead atoms. The standard InChI is InChI=1S/C13H19BrF2N2O/c1-8(2)5-13(3,17)7-19-10-6-18-11(14)4-9(10)12(15)16/h4,6,8,12H,5,7,17H2,1-3H3/t13-/m0/s1. The SMILES string of the molecule is CC(C)C[C@](C)(N)COc1cnc(Br)cc1C(F)F. The molecule has 1 aromatic rings. The van der Waals surface area contributed by atoms with E-state index in [1.165, 1.54) is 12.3 Å². The Kier molecular flexibility index (Phi) is 5.67. The molecule has 0 aromatic carbocycles. The second-order valence-corrected chi connectivity index (χ2v) is 6.20. The average Bonchev–Trinajstić information content (AvgIpc) is 2.25. The third-order valence-corrected chi connectivity index (χ3v) is 2.96. The molecule has 1 heterocycles. The van der Waals surface area contributed by atoms with Gasteiger partial charge in [-0.3, -0.25) is 0 Å². The zero-order chi connectivity index (χ0) is 14.6. The highest BCUT2D eigenvalue weighted by Crippen LogP contribution is 2.30. The highest BCUT2D eigenvalue weighted by atomic mass is 79.9. The van der Waals surface area contributed by atoms with Crippen molar-refractivity contribution in [3.63, 3.8) is 0 Å². The molecule has 0 spiro atoms. The number of aromatic nitrogens is 1. The van der Waals surface area contributed by atoms with Gasteiger partial charge >= 0.3 is 0 Å². The summed E-state index contributed by atoms with van der Waals surface area (Å²) in [6, 6.07) is 1.26. The van der Waals surface area contributed by atoms with Crippen LogP contribution in [0.15, 0.2) is 16.9 Å². The number of alkyl halides is 2. The lowest BCUT2D eigenvalue weighted by molar-refractivity contribution is 0.139. The second kappa shape index (κ2) is 6.61. The summed E-state index contributed by atoms with van der Waals surface area (Å²) in [6.45, 7) is 6.13. The van der Waals surface area contributed by atoms with Crippen LogP contribution in [0.2, 0.25) is 0 Å². The lowest BCUT2D eigenvalue weighted by Gasteiger charge is -2.27. The minimum absolute atomic E-state index is 0.0821. The maximum Gasteiger partial charge on any atom is 0.267 e. The van der Waals surface area contributed by atoms with E-state index in [4.69, 9.17) is 10.5 Å². The summed E-state index contributed by atoms with van der Waals surface area (Å²) in [4.78, 5) is 3.90. The van der Waals surface area contributed by atoms with Crippen molar-refractivity contribution in [1.29, 1.82) is 0 Å². The van der Waals surface area contributed by atoms with Crippen molar-refractivity contribution in [3.05, 3.63) is 22.4 Å². The van der Waals surface area contributed by atoms with E-state index in [9.17, 15) is 8.78 Å². The van der Waals surface area contributed by atoms with Crippen LogP contribution in [0.5, 0.6) is 5.75 Å². The summed E-state index contributed by atoms with van der Waals surface area (Å²) in [5.41, 5.74) is 5.35. The molecule has 1 aromatic heterocycles. The zero-order valence-corrected chi connectivity index (χ0v) is 12.9. The molecule has 3 nitrogen and oxygen atoms in total. The summed E-state index contributed by atoms with van der Waals surface area (Å²) in [5.74, 6) is 0.495. The lowest BCUT2D eigenvalue weighted by Crippen LogP contribution is -2.43. The van der Waals surface area contributed by atoms with Crippen LogP contribution in [0.1, 0.15) is 39.2 Å². The zero-order valence-electron chi connectivity index (χ0n) is 11.3. The Labute approximate surface area is 120 Å². The minimum Gasteiger partial charge on any atom is -0.490 e. The van der Waals surface area contributed by atoms with Gasteiger partial charge in [0, 0.05) is 5.54 Å². The molecule has 0 saturated carbocycles. The van der Waals surface area contributed by atoms with Gasteiger partial charge in [-0.2, -0.15) is 0 Å². The maximum absolute atomic E-state index is 12.9. The monoisotopic (exact) mass is 336 g/mol. The first-order valence-corrected chi connectivity index (χ1v) is 6.86. The molecule has 19 heavy (non-hydrogen) atoms. The van der Waals surface area contributed by atoms with E-state index >= 15 is 0 Å². The topological polar surface area (TPSA) is 48.1 Å². The molecule has 0 fully saturated rings. The number of rotatable bonds is 6. The van der Waals surface area contributed by atoms with Crippen LogP contribution in [-0.2, 0) is 0 Å². The van der Waals surface area contributed by atoms with Gasteiger partial charge in [0.15, 0.2) is 0 Å². The van der Waals surface area contributed by atoms with Gasteiger partial charge in [-0.15, -0.1) is 0 Å². The fourth-order valence-corrected chi connectivity index (χ4v) is 2.31. The smallest absolute Gasteiger partial charge is 0.267 e. The van der Waals surface area contributed by atoms with E-state index in [0.29, 0.717) is 10.5 Å². The third kappa shape index (κ3) is 5.40. The van der Waals surface area contributed by atoms with Crippen LogP contribution in [-0.4, -0.2) is 17.1 Å². The van der Waals surface area contributed by atoms with Gasteiger partial charge in [0.2, 0.25) is 0 Å². The first-order chi connectivity index (χ1) is 8.71. The van der Waals surface area contributed by atoms with Gasteiger partial charge < -0.3 is 10.5 Å². The van der Waals surface area contributed by atoms with Crippen molar-refractivity contribution < 1.29 is 13.5 Å². The summed E-state index contributed by atoms with van der Waals surface area (Å²) >= 11 is 3.06. The third-order valence-electron chi connectivity index (χ3n) is 2.53. The minimum atomic E-state index is -2.61. The van der Waals surface area contributed by atoms with Crippen LogP contribution in [0.3, 0.4) is 0 Å². The number of halogens is 3. The molecule has 0 aliphatic heterocycles. The van der Waals surface area contributed by atoms with Gasteiger partial charge in [0.1, 0.15) is 17.0 Å². The van der Waals surface area contributed by atoms with Crippen LogP contribution in [0.4, 0.5) is 8.78 Å². The number of pyridine rings is 1. The first kappa shape index (κ1) is 16.3. The predicted octanol–water partition coefficient (Wildman–Crippen LogP) is 3.92. The fourth-order valence-electron chi connectivity index (χ4n) is 1.96. The van der Waals surface area contributed by atoms with Crippen molar-refractivity contribution >= 4 is 15.9 Å². The van der Waals surface area contributed by atoms with Crippen molar-refractivity contribution in [1.82, 2.24) is 4.98 Å². The van der Waals surface area contributed by atoms with Gasteiger partial charge in [0.05, 0.1) is 11.8 Å². The highest BCUT2D eigenvalue weighted by molar-refractivity contribution is 9.10. The van der Waals surface area contributed by atoms with Crippen molar-refractivity contribution in [2.24, 2.45) is 11.7 Å². The highest BCUT2D eigenvalue weighted by Gasteiger charge is 2.23. The van der Waals surface area contributed by atoms with Gasteiger partial charge in [-0.05, 0) is 41.3 Å². The van der Waals surface area contributed by atoms with Crippen molar-refractivity contribution in [2.45, 2.75) is 39.2 Å². The predicted molar refractivity (Wildman–Crippen MR) is 74.4 cm³/mol. The molecule has 0 aliphatic rings. The second-order valence-electron chi connectivity index (χ2n) is 5.39. The molecule has 1 rings (SSSR count). The molecule has 108 valence electrons. The van der Waals surface area contributed by atoms with Gasteiger partial charge in [-0.25, -0.2) is 13.8 Å². The van der Waals surface area contributed by atoms with Crippen LogP contribution >= 0.6 is 15.9 Å². The van der Waals surface area contributed by atoms with Crippen LogP contribution in [0, 0.1) is 5.92 Å². The summed E-state index contributed by atoms with van der Waals surface area (Å²) < 4.78 is 31.5. The maximum atomic E-state index is 12.9. The van der Waals surface area contributed by atoms with E-state index in [2.05, 4.69) is 34.8 Å². The Balaban J connectivity index is 2.77. The van der Waals surface area contributed by atoms with E-state index < -0.39 is 12.0 Å². The molecular formula is C13H19BrF2N2O. The van der Waals surface area contributed by atoms with E-state index in [-0.39, 0.29) is 17.9 Å². The summed E-state index contributed by atoms with van der Waals surface area (Å²) in [5, 5.41) is 0. The van der Waals surface area contributed by atoms with Gasteiger partial charge in [-0.1, -0.05) is 13.8 Å². The quantitative estimate of drug-likeness (QED) is 0.801. The first-order valence-electron chi connectivity index (χ1n) is 6.06. The Morgan fingerprint density at radius 3 is 2.63 bits per heavy atom. The average molecular weight is 337 g/mol. The van der Waals surface area contributed by atoms with E-state index in [1.54, 1.807) is 0 Å². The number of hydrogen-bond acceptors (Lipinski definition) is 3. The molecule has 0 saturated heterocycles. The molecular weight excluding hydrogens is 318 g/mol. The van der Waals surface area contributed by atoms with Crippen LogP contribution < -0.4 is 10.5 Å². The molecule has 0 aliphatic carbocycles. The Hall–Kier alpha value is -0.750. The molecule has 0 radical (unpaired) electrons. The summed E-state index contributed by atoms with van der Waals surface area (Å²) in [6.07, 6.45) is -0.568. The molecule has 0 amide bonds. The molecule has 2 N–H and O–H groups in total. The number of ether oxygens (including phenoxy) is 1. The number of hydrogen-bond donors (Lipinski definition) is 1. The van der Waals surface area contributed by atoms with Crippen molar-refractivity contribution in [3.8, 4) is 5.75 Å². The molecule has 0 unspecified atom stereocenters. The van der Waals surface area contributed by atoms with Crippen LogP contribution in [0.25, 0.3) is 0 Å². The number of nitrogens with zero attached hydrogens (tertiary/aromatic N) is 1. The normalized spacial score (nSPS) is 14.8. The van der Waals surface area contributed by atoms with E-state index in [0.717, 1.165) is 6.42 Å². The lowest BCUT2D eigenvalue weighted by atomic mass is 9.93. The van der Waals surface area contributed by atoms with Crippen molar-refractivity contribution in [2.75, 3.05) is 6.61 Å².